The molecule has 0 saturated heterocycles. The lowest BCUT2D eigenvalue weighted by Gasteiger charge is -2.15. The van der Waals surface area contributed by atoms with Crippen LogP contribution in [0.4, 0.5) is 0 Å². The molecule has 0 aromatic rings. The van der Waals surface area contributed by atoms with Crippen LogP contribution in [0.2, 0.25) is 0 Å². The highest BCUT2D eigenvalue weighted by molar-refractivity contribution is 14.1. The first-order valence-corrected chi connectivity index (χ1v) is 6.70. The second kappa shape index (κ2) is 8.50. The van der Waals surface area contributed by atoms with Gasteiger partial charge in [-0.1, -0.05) is 33.1 Å². The van der Waals surface area contributed by atoms with Crippen molar-refractivity contribution in [2.24, 2.45) is 5.92 Å². The third kappa shape index (κ3) is 6.62. The standard InChI is InChI=1S/C11H21IO2/c1-4-6-8-10(7-5-2)11(13)14-9(3)12/h9-10H,4-8H2,1-3H3. The number of carbonyl (C=O) groups is 1. The number of ether oxygens (including phenoxy) is 1. The number of halogens is 1. The van der Waals surface area contributed by atoms with E-state index in [0.29, 0.717) is 0 Å². The van der Waals surface area contributed by atoms with Gasteiger partial charge in [-0.2, -0.15) is 0 Å². The van der Waals surface area contributed by atoms with Gasteiger partial charge in [-0.15, -0.1) is 0 Å². The molecule has 84 valence electrons. The molecule has 2 nitrogen and oxygen atoms in total. The summed E-state index contributed by atoms with van der Waals surface area (Å²) in [6, 6.07) is 0. The summed E-state index contributed by atoms with van der Waals surface area (Å²) in [7, 11) is 0. The molecule has 0 aliphatic rings. The van der Waals surface area contributed by atoms with Gasteiger partial charge in [-0.25, -0.2) is 0 Å². The topological polar surface area (TPSA) is 26.3 Å². The Kier molecular flexibility index (Phi) is 8.63. The van der Waals surface area contributed by atoms with Gasteiger partial charge in [0.15, 0.2) is 0 Å². The van der Waals surface area contributed by atoms with E-state index in [2.05, 4.69) is 36.4 Å². The molecule has 14 heavy (non-hydrogen) atoms. The zero-order valence-corrected chi connectivity index (χ0v) is 11.5. The molecule has 0 aliphatic heterocycles. The average Bonchev–Trinajstić information content (AvgIpc) is 2.10. The fourth-order valence-corrected chi connectivity index (χ4v) is 1.69. The lowest BCUT2D eigenvalue weighted by Crippen LogP contribution is -2.20. The fourth-order valence-electron chi connectivity index (χ4n) is 1.44. The lowest BCUT2D eigenvalue weighted by molar-refractivity contribution is -0.149. The van der Waals surface area contributed by atoms with Gasteiger partial charge in [0.1, 0.15) is 4.11 Å². The molecular weight excluding hydrogens is 291 g/mol. The monoisotopic (exact) mass is 312 g/mol. The van der Waals surface area contributed by atoms with Gasteiger partial charge in [0, 0.05) is 0 Å². The lowest BCUT2D eigenvalue weighted by atomic mass is 9.97. The highest BCUT2D eigenvalue weighted by Crippen LogP contribution is 2.18. The highest BCUT2D eigenvalue weighted by Gasteiger charge is 2.19. The number of rotatable bonds is 7. The van der Waals surface area contributed by atoms with Gasteiger partial charge in [0.05, 0.1) is 5.92 Å². The normalized spacial score (nSPS) is 14.9. The quantitative estimate of drug-likeness (QED) is 0.405. The first kappa shape index (κ1) is 14.2. The molecule has 0 N–H and O–H groups in total. The Morgan fingerprint density at radius 2 is 1.93 bits per heavy atom. The number of alkyl halides is 1. The Morgan fingerprint density at radius 1 is 1.29 bits per heavy atom. The van der Waals surface area contributed by atoms with Gasteiger partial charge >= 0.3 is 5.97 Å². The predicted molar refractivity (Wildman–Crippen MR) is 67.5 cm³/mol. The maximum Gasteiger partial charge on any atom is 0.309 e. The van der Waals surface area contributed by atoms with Crippen molar-refractivity contribution in [1.29, 1.82) is 0 Å². The average molecular weight is 312 g/mol. The van der Waals surface area contributed by atoms with Crippen LogP contribution in [0.3, 0.4) is 0 Å². The van der Waals surface area contributed by atoms with Gasteiger partial charge in [-0.05, 0) is 42.4 Å². The SMILES string of the molecule is CCCCC(CCC)C(=O)OC(C)I. The molecule has 0 fully saturated rings. The summed E-state index contributed by atoms with van der Waals surface area (Å²) in [5.41, 5.74) is 0. The van der Waals surface area contributed by atoms with Gasteiger partial charge in [0.2, 0.25) is 0 Å². The van der Waals surface area contributed by atoms with Gasteiger partial charge in [0.25, 0.3) is 0 Å². The van der Waals surface area contributed by atoms with E-state index in [0.717, 1.165) is 32.1 Å². The molecular formula is C11H21IO2. The van der Waals surface area contributed by atoms with Crippen LogP contribution in [0.1, 0.15) is 52.9 Å². The van der Waals surface area contributed by atoms with Crippen molar-refractivity contribution in [2.75, 3.05) is 0 Å². The van der Waals surface area contributed by atoms with Crippen LogP contribution >= 0.6 is 22.6 Å². The first-order valence-electron chi connectivity index (χ1n) is 5.46. The minimum absolute atomic E-state index is 0.0119. The Morgan fingerprint density at radius 3 is 2.36 bits per heavy atom. The summed E-state index contributed by atoms with van der Waals surface area (Å²) in [5, 5.41) is 0. The van der Waals surface area contributed by atoms with E-state index >= 15 is 0 Å². The molecule has 3 heteroatoms. The van der Waals surface area contributed by atoms with E-state index < -0.39 is 0 Å². The predicted octanol–water partition coefficient (Wildman–Crippen LogP) is 3.92. The third-order valence-corrected chi connectivity index (χ3v) is 2.41. The summed E-state index contributed by atoms with van der Waals surface area (Å²) < 4.78 is 5.20. The molecule has 0 rings (SSSR count). The number of carbonyl (C=O) groups excluding carboxylic acids is 1. The van der Waals surface area contributed by atoms with Crippen molar-refractivity contribution in [3.63, 3.8) is 0 Å². The van der Waals surface area contributed by atoms with Gasteiger partial charge < -0.3 is 4.74 Å². The maximum atomic E-state index is 11.6. The molecule has 0 aromatic heterocycles. The summed E-state index contributed by atoms with van der Waals surface area (Å²) >= 11 is 2.11. The summed E-state index contributed by atoms with van der Waals surface area (Å²) in [5.74, 6) is 0.111. The van der Waals surface area contributed by atoms with Crippen LogP contribution in [-0.2, 0) is 9.53 Å². The van der Waals surface area contributed by atoms with Crippen LogP contribution in [0.15, 0.2) is 0 Å². The van der Waals surface area contributed by atoms with Crippen LogP contribution in [-0.4, -0.2) is 10.1 Å². The minimum Gasteiger partial charge on any atom is -0.452 e. The minimum atomic E-state index is -0.0129. The summed E-state index contributed by atoms with van der Waals surface area (Å²) in [4.78, 5) is 11.6. The van der Waals surface area contributed by atoms with Crippen LogP contribution in [0.25, 0.3) is 0 Å². The Labute approximate surface area is 101 Å². The largest absolute Gasteiger partial charge is 0.452 e. The molecule has 0 amide bonds. The molecule has 2 unspecified atom stereocenters. The van der Waals surface area contributed by atoms with E-state index in [1.54, 1.807) is 0 Å². The van der Waals surface area contributed by atoms with E-state index in [1.807, 2.05) is 6.92 Å². The zero-order chi connectivity index (χ0) is 11.0. The third-order valence-electron chi connectivity index (χ3n) is 2.16. The summed E-state index contributed by atoms with van der Waals surface area (Å²) in [6.07, 6.45) is 5.26. The number of hydrogen-bond acceptors (Lipinski definition) is 2. The molecule has 0 bridgehead atoms. The Hall–Kier alpha value is 0.200. The van der Waals surface area contributed by atoms with Crippen molar-refractivity contribution in [3.05, 3.63) is 0 Å². The smallest absolute Gasteiger partial charge is 0.309 e. The van der Waals surface area contributed by atoms with E-state index in [-0.39, 0.29) is 16.0 Å². The molecule has 0 aromatic carbocycles. The Balaban J connectivity index is 3.97. The van der Waals surface area contributed by atoms with Gasteiger partial charge in [-0.3, -0.25) is 4.79 Å². The fraction of sp³-hybridized carbons (Fsp3) is 0.909. The molecule has 0 heterocycles. The van der Waals surface area contributed by atoms with Crippen molar-refractivity contribution in [2.45, 2.75) is 57.0 Å². The molecule has 0 spiro atoms. The molecule has 0 aliphatic carbocycles. The first-order chi connectivity index (χ1) is 6.61. The van der Waals surface area contributed by atoms with Crippen molar-refractivity contribution in [1.82, 2.24) is 0 Å². The Bertz CT molecular complexity index is 157. The molecule has 0 radical (unpaired) electrons. The zero-order valence-electron chi connectivity index (χ0n) is 9.38. The highest BCUT2D eigenvalue weighted by atomic mass is 127. The summed E-state index contributed by atoms with van der Waals surface area (Å²) in [6.45, 7) is 6.15. The van der Waals surface area contributed by atoms with Crippen LogP contribution in [0.5, 0.6) is 0 Å². The molecule has 0 saturated carbocycles. The molecule has 2 atom stereocenters. The van der Waals surface area contributed by atoms with Crippen molar-refractivity contribution < 1.29 is 9.53 Å². The van der Waals surface area contributed by atoms with E-state index in [4.69, 9.17) is 4.74 Å². The van der Waals surface area contributed by atoms with Crippen LogP contribution in [0, 0.1) is 5.92 Å². The van der Waals surface area contributed by atoms with E-state index in [9.17, 15) is 4.79 Å². The number of unbranched alkanes of at least 4 members (excludes halogenated alkanes) is 1. The maximum absolute atomic E-state index is 11.6. The second-order valence-electron chi connectivity index (χ2n) is 3.61. The van der Waals surface area contributed by atoms with E-state index in [1.165, 1.54) is 0 Å². The number of hydrogen-bond donors (Lipinski definition) is 0. The van der Waals surface area contributed by atoms with Crippen molar-refractivity contribution >= 4 is 28.6 Å². The van der Waals surface area contributed by atoms with Crippen LogP contribution < -0.4 is 0 Å². The number of esters is 1. The second-order valence-corrected chi connectivity index (χ2v) is 5.36. The van der Waals surface area contributed by atoms with Crippen molar-refractivity contribution in [3.8, 4) is 0 Å².